The molecule has 142 valence electrons. The first kappa shape index (κ1) is 21.4. The van der Waals surface area contributed by atoms with Crippen LogP contribution in [0.15, 0.2) is 12.2 Å². The largest absolute Gasteiger partial charge is 0.467 e. The Hall–Kier alpha value is -1.69. The van der Waals surface area contributed by atoms with Gasteiger partial charge >= 0.3 is 5.97 Å². The standard InChI is InChI=1S/C19H31NO5/c1-3-4-5-8-17(21)11-9-16-10-12-18(22)20(16)13-6-7-14-25-15-19(23)24-2/h9,11,16H,3-8,10,12-15H2,1-2H3/t16-/m0/s1. The van der Waals surface area contributed by atoms with Crippen LogP contribution in [-0.4, -0.2) is 55.5 Å². The van der Waals surface area contributed by atoms with Gasteiger partial charge in [0.1, 0.15) is 6.61 Å². The molecule has 1 aliphatic rings. The minimum atomic E-state index is -0.386. The number of methoxy groups -OCH3 is 1. The van der Waals surface area contributed by atoms with Crippen molar-refractivity contribution < 1.29 is 23.9 Å². The molecule has 0 aromatic carbocycles. The van der Waals surface area contributed by atoms with Gasteiger partial charge in [0.25, 0.3) is 0 Å². The normalized spacial score (nSPS) is 17.4. The Morgan fingerprint density at radius 1 is 1.24 bits per heavy atom. The summed E-state index contributed by atoms with van der Waals surface area (Å²) < 4.78 is 9.68. The second-order valence-electron chi connectivity index (χ2n) is 6.31. The van der Waals surface area contributed by atoms with Gasteiger partial charge in [-0.1, -0.05) is 25.8 Å². The van der Waals surface area contributed by atoms with E-state index in [0.29, 0.717) is 26.0 Å². The van der Waals surface area contributed by atoms with Crippen molar-refractivity contribution in [3.8, 4) is 0 Å². The van der Waals surface area contributed by atoms with Gasteiger partial charge in [-0.05, 0) is 31.8 Å². The summed E-state index contributed by atoms with van der Waals surface area (Å²) in [5.41, 5.74) is 0. The van der Waals surface area contributed by atoms with E-state index in [2.05, 4.69) is 11.7 Å². The number of allylic oxidation sites excluding steroid dienone is 1. The Bertz CT molecular complexity index is 461. The smallest absolute Gasteiger partial charge is 0.331 e. The lowest BCUT2D eigenvalue weighted by atomic mass is 10.1. The molecular formula is C19H31NO5. The highest BCUT2D eigenvalue weighted by Crippen LogP contribution is 2.20. The molecule has 6 heteroatoms. The number of rotatable bonds is 13. The van der Waals surface area contributed by atoms with E-state index >= 15 is 0 Å². The van der Waals surface area contributed by atoms with Gasteiger partial charge in [0.2, 0.25) is 5.91 Å². The van der Waals surface area contributed by atoms with Crippen LogP contribution in [0.2, 0.25) is 0 Å². The predicted octanol–water partition coefficient (Wildman–Crippen LogP) is 2.65. The number of amides is 1. The van der Waals surface area contributed by atoms with Crippen molar-refractivity contribution in [2.24, 2.45) is 0 Å². The fourth-order valence-electron chi connectivity index (χ4n) is 2.80. The van der Waals surface area contributed by atoms with Crippen molar-refractivity contribution in [2.75, 3.05) is 26.9 Å². The maximum absolute atomic E-state index is 12.0. The van der Waals surface area contributed by atoms with Crippen LogP contribution in [0.4, 0.5) is 0 Å². The topological polar surface area (TPSA) is 72.9 Å². The highest BCUT2D eigenvalue weighted by atomic mass is 16.6. The lowest BCUT2D eigenvalue weighted by molar-refractivity contribution is -0.145. The molecule has 6 nitrogen and oxygen atoms in total. The summed E-state index contributed by atoms with van der Waals surface area (Å²) in [7, 11) is 1.33. The lowest BCUT2D eigenvalue weighted by Gasteiger charge is -2.22. The maximum atomic E-state index is 12.0. The average Bonchev–Trinajstić information content (AvgIpc) is 2.96. The SMILES string of the molecule is CCCCCC(=O)C=C[C@H]1CCC(=O)N1CCCCOCC(=O)OC. The summed E-state index contributed by atoms with van der Waals surface area (Å²) in [6, 6.07) is 0.0265. The Balaban J connectivity index is 2.27. The van der Waals surface area contributed by atoms with Crippen molar-refractivity contribution in [1.82, 2.24) is 4.90 Å². The minimum absolute atomic E-state index is 0.0265. The quantitative estimate of drug-likeness (QED) is 0.289. The van der Waals surface area contributed by atoms with E-state index in [1.165, 1.54) is 7.11 Å². The Morgan fingerprint density at radius 2 is 2.04 bits per heavy atom. The highest BCUT2D eigenvalue weighted by molar-refractivity contribution is 5.90. The maximum Gasteiger partial charge on any atom is 0.331 e. The summed E-state index contributed by atoms with van der Waals surface area (Å²) in [5.74, 6) is -0.101. The molecule has 1 atom stereocenters. The summed E-state index contributed by atoms with van der Waals surface area (Å²) in [6.07, 6.45) is 10.1. The molecule has 1 rings (SSSR count). The van der Waals surface area contributed by atoms with Gasteiger partial charge in [0.05, 0.1) is 13.2 Å². The molecule has 0 aliphatic carbocycles. The number of ketones is 1. The number of unbranched alkanes of at least 4 members (excludes halogenated alkanes) is 3. The number of nitrogens with zero attached hydrogens (tertiary/aromatic N) is 1. The van der Waals surface area contributed by atoms with Crippen LogP contribution < -0.4 is 0 Å². The number of ether oxygens (including phenoxy) is 2. The number of carbonyl (C=O) groups excluding carboxylic acids is 3. The van der Waals surface area contributed by atoms with E-state index < -0.39 is 0 Å². The first-order chi connectivity index (χ1) is 12.1. The van der Waals surface area contributed by atoms with Crippen LogP contribution in [-0.2, 0) is 23.9 Å². The second kappa shape index (κ2) is 12.6. The first-order valence-electron chi connectivity index (χ1n) is 9.23. The van der Waals surface area contributed by atoms with Crippen LogP contribution in [0, 0.1) is 0 Å². The van der Waals surface area contributed by atoms with Crippen molar-refractivity contribution >= 4 is 17.7 Å². The van der Waals surface area contributed by atoms with Crippen LogP contribution in [0.5, 0.6) is 0 Å². The molecule has 0 aromatic heterocycles. The van der Waals surface area contributed by atoms with Gasteiger partial charge in [-0.15, -0.1) is 0 Å². The zero-order valence-electron chi connectivity index (χ0n) is 15.5. The van der Waals surface area contributed by atoms with E-state index in [1.54, 1.807) is 6.08 Å². The summed E-state index contributed by atoms with van der Waals surface area (Å²) in [4.78, 5) is 36.6. The monoisotopic (exact) mass is 353 g/mol. The van der Waals surface area contributed by atoms with Crippen LogP contribution >= 0.6 is 0 Å². The Labute approximate surface area is 150 Å². The lowest BCUT2D eigenvalue weighted by Crippen LogP contribution is -2.32. The molecule has 0 saturated carbocycles. The fourth-order valence-corrected chi connectivity index (χ4v) is 2.80. The third-order valence-corrected chi connectivity index (χ3v) is 4.29. The molecule has 1 aliphatic heterocycles. The summed E-state index contributed by atoms with van der Waals surface area (Å²) >= 11 is 0. The summed E-state index contributed by atoms with van der Waals surface area (Å²) in [6.45, 7) is 3.19. The number of likely N-dealkylation sites (tertiary alicyclic amines) is 1. The first-order valence-corrected chi connectivity index (χ1v) is 9.23. The van der Waals surface area contributed by atoms with Crippen LogP contribution in [0.3, 0.4) is 0 Å². The van der Waals surface area contributed by atoms with Gasteiger partial charge in [-0.3, -0.25) is 9.59 Å². The number of hydrogen-bond acceptors (Lipinski definition) is 5. The molecule has 0 N–H and O–H groups in total. The molecule has 0 radical (unpaired) electrons. The zero-order chi connectivity index (χ0) is 18.5. The third kappa shape index (κ3) is 8.82. The Morgan fingerprint density at radius 3 is 2.76 bits per heavy atom. The average molecular weight is 353 g/mol. The van der Waals surface area contributed by atoms with E-state index in [9.17, 15) is 14.4 Å². The summed E-state index contributed by atoms with van der Waals surface area (Å²) in [5, 5.41) is 0. The molecule has 1 heterocycles. The third-order valence-electron chi connectivity index (χ3n) is 4.29. The second-order valence-corrected chi connectivity index (χ2v) is 6.31. The molecule has 0 unspecified atom stereocenters. The van der Waals surface area contributed by atoms with Crippen molar-refractivity contribution in [2.45, 2.75) is 64.3 Å². The fraction of sp³-hybridized carbons (Fsp3) is 0.737. The molecule has 25 heavy (non-hydrogen) atoms. The van der Waals surface area contributed by atoms with Crippen molar-refractivity contribution in [3.63, 3.8) is 0 Å². The van der Waals surface area contributed by atoms with Crippen molar-refractivity contribution in [1.29, 1.82) is 0 Å². The minimum Gasteiger partial charge on any atom is -0.467 e. The van der Waals surface area contributed by atoms with E-state index in [-0.39, 0.29) is 30.3 Å². The van der Waals surface area contributed by atoms with Gasteiger partial charge in [-0.2, -0.15) is 0 Å². The number of carbonyl (C=O) groups is 3. The molecule has 0 bridgehead atoms. The van der Waals surface area contributed by atoms with Crippen molar-refractivity contribution in [3.05, 3.63) is 12.2 Å². The van der Waals surface area contributed by atoms with Gasteiger partial charge in [-0.25, -0.2) is 4.79 Å². The molecule has 0 spiro atoms. The van der Waals surface area contributed by atoms with Crippen LogP contribution in [0.25, 0.3) is 0 Å². The number of hydrogen-bond donors (Lipinski definition) is 0. The molecular weight excluding hydrogens is 322 g/mol. The molecule has 1 fully saturated rings. The molecule has 1 amide bonds. The van der Waals surface area contributed by atoms with Gasteiger partial charge < -0.3 is 14.4 Å². The predicted molar refractivity (Wildman–Crippen MR) is 95.1 cm³/mol. The van der Waals surface area contributed by atoms with Gasteiger partial charge in [0.15, 0.2) is 5.78 Å². The van der Waals surface area contributed by atoms with E-state index in [0.717, 1.165) is 38.5 Å². The van der Waals surface area contributed by atoms with E-state index in [1.807, 2.05) is 11.0 Å². The number of esters is 1. The van der Waals surface area contributed by atoms with E-state index in [4.69, 9.17) is 4.74 Å². The zero-order valence-corrected chi connectivity index (χ0v) is 15.5. The van der Waals surface area contributed by atoms with Crippen LogP contribution in [0.1, 0.15) is 58.3 Å². The molecule has 1 saturated heterocycles. The highest BCUT2D eigenvalue weighted by Gasteiger charge is 2.28. The van der Waals surface area contributed by atoms with Gasteiger partial charge in [0, 0.05) is 26.0 Å². The molecule has 0 aromatic rings. The Kier molecular flexibility index (Phi) is 10.8.